The maximum Gasteiger partial charge on any atom is 0.332 e. The molecule has 0 saturated carbocycles. The van der Waals surface area contributed by atoms with E-state index in [9.17, 15) is 14.7 Å². The summed E-state index contributed by atoms with van der Waals surface area (Å²) >= 11 is 0. The van der Waals surface area contributed by atoms with Crippen molar-refractivity contribution in [1.82, 2.24) is 34.2 Å². The first-order chi connectivity index (χ1) is 17.9. The molecule has 0 amide bonds. The van der Waals surface area contributed by atoms with E-state index in [1.807, 2.05) is 48.7 Å². The fourth-order valence-electron chi connectivity index (χ4n) is 4.42. The summed E-state index contributed by atoms with van der Waals surface area (Å²) in [6.45, 7) is 6.05. The molecule has 5 N–H and O–H groups in total. The van der Waals surface area contributed by atoms with Crippen LogP contribution in [0.25, 0.3) is 11.2 Å². The number of hydrogen-bond acceptors (Lipinski definition) is 7. The first-order valence-electron chi connectivity index (χ1n) is 12.9. The normalized spacial score (nSPS) is 12.4. The molecule has 0 spiro atoms. The molecule has 1 atom stereocenters. The van der Waals surface area contributed by atoms with Gasteiger partial charge in [0.1, 0.15) is 5.82 Å². The summed E-state index contributed by atoms with van der Waals surface area (Å²) in [5.74, 6) is 0.670. The van der Waals surface area contributed by atoms with Gasteiger partial charge in [-0.25, -0.2) is 9.78 Å². The zero-order valence-corrected chi connectivity index (χ0v) is 21.5. The summed E-state index contributed by atoms with van der Waals surface area (Å²) in [5, 5.41) is 20.1. The van der Waals surface area contributed by atoms with Gasteiger partial charge in [0.15, 0.2) is 11.2 Å². The Morgan fingerprint density at radius 3 is 2.51 bits per heavy atom. The fourth-order valence-corrected chi connectivity index (χ4v) is 4.42. The molecule has 198 valence electrons. The third-order valence-electron chi connectivity index (χ3n) is 6.51. The van der Waals surface area contributed by atoms with Crippen molar-refractivity contribution in [3.8, 4) is 0 Å². The van der Waals surface area contributed by atoms with Crippen LogP contribution in [0.3, 0.4) is 0 Å². The fraction of sp³-hybridized carbons (Fsp3) is 0.462. The van der Waals surface area contributed by atoms with Gasteiger partial charge in [-0.1, -0.05) is 26.0 Å². The summed E-state index contributed by atoms with van der Waals surface area (Å²) in [6, 6.07) is 9.43. The van der Waals surface area contributed by atoms with E-state index in [0.717, 1.165) is 11.3 Å². The van der Waals surface area contributed by atoms with Gasteiger partial charge in [-0.3, -0.25) is 19.0 Å². The van der Waals surface area contributed by atoms with Crippen molar-refractivity contribution >= 4 is 16.9 Å². The first kappa shape index (κ1) is 26.4. The number of aromatic nitrogens is 6. The van der Waals surface area contributed by atoms with Gasteiger partial charge in [0.2, 0.25) is 0 Å². The van der Waals surface area contributed by atoms with Crippen LogP contribution < -0.4 is 22.3 Å². The largest absolute Gasteiger partial charge is 0.399 e. The molecule has 0 aliphatic carbocycles. The number of aromatic amines is 1. The van der Waals surface area contributed by atoms with E-state index in [2.05, 4.69) is 15.5 Å². The van der Waals surface area contributed by atoms with Crippen LogP contribution in [0.4, 0.5) is 5.69 Å². The van der Waals surface area contributed by atoms with Crippen molar-refractivity contribution in [1.29, 1.82) is 0 Å². The molecule has 3 heterocycles. The average Bonchev–Trinajstić information content (AvgIpc) is 3.53. The number of fused-ring (bicyclic) bond motifs is 1. The second-order valence-corrected chi connectivity index (χ2v) is 9.26. The topological polar surface area (TPSA) is 149 Å². The summed E-state index contributed by atoms with van der Waals surface area (Å²) in [7, 11) is 0. The minimum Gasteiger partial charge on any atom is -0.399 e. The van der Waals surface area contributed by atoms with E-state index in [0.29, 0.717) is 81.1 Å². The minimum absolute atomic E-state index is 0.331. The van der Waals surface area contributed by atoms with Gasteiger partial charge >= 0.3 is 5.69 Å². The molecule has 0 aliphatic heterocycles. The summed E-state index contributed by atoms with van der Waals surface area (Å²) < 4.78 is 4.83. The molecular formula is C26H36N8O3. The highest BCUT2D eigenvalue weighted by Crippen LogP contribution is 2.16. The van der Waals surface area contributed by atoms with Gasteiger partial charge in [0.05, 0.1) is 6.10 Å². The van der Waals surface area contributed by atoms with Crippen LogP contribution in [0.5, 0.6) is 0 Å². The van der Waals surface area contributed by atoms with Crippen LogP contribution in [0, 0.1) is 0 Å². The number of nitrogens with zero attached hydrogens (tertiary/aromatic N) is 5. The zero-order chi connectivity index (χ0) is 26.4. The van der Waals surface area contributed by atoms with Gasteiger partial charge in [-0.05, 0) is 43.0 Å². The Hall–Kier alpha value is -3.70. The second-order valence-electron chi connectivity index (χ2n) is 9.26. The van der Waals surface area contributed by atoms with E-state index in [1.54, 1.807) is 10.8 Å². The molecule has 0 fully saturated rings. The molecule has 11 nitrogen and oxygen atoms in total. The Kier molecular flexibility index (Phi) is 8.57. The molecule has 0 aliphatic rings. The Morgan fingerprint density at radius 1 is 1.05 bits per heavy atom. The maximum atomic E-state index is 13.6. The third kappa shape index (κ3) is 6.00. The van der Waals surface area contributed by atoms with Gasteiger partial charge in [0.25, 0.3) is 5.56 Å². The molecule has 4 rings (SSSR count). The number of aryl methyl sites for hydroxylation is 2. The van der Waals surface area contributed by atoms with Crippen molar-refractivity contribution in [2.24, 2.45) is 0 Å². The predicted octanol–water partition coefficient (Wildman–Crippen LogP) is 1.27. The molecule has 1 aromatic carbocycles. The highest BCUT2D eigenvalue weighted by molar-refractivity contribution is 5.71. The van der Waals surface area contributed by atoms with Gasteiger partial charge in [-0.15, -0.1) is 0 Å². The van der Waals surface area contributed by atoms with Crippen LogP contribution in [0.15, 0.2) is 46.1 Å². The van der Waals surface area contributed by atoms with Crippen molar-refractivity contribution in [3.05, 3.63) is 74.4 Å². The number of imidazole rings is 1. The van der Waals surface area contributed by atoms with Crippen LogP contribution in [-0.2, 0) is 32.5 Å². The van der Waals surface area contributed by atoms with E-state index >= 15 is 0 Å². The number of nitrogen functional groups attached to an aromatic ring is 1. The minimum atomic E-state index is -0.427. The van der Waals surface area contributed by atoms with Crippen LogP contribution >= 0.6 is 0 Å². The molecule has 37 heavy (non-hydrogen) atoms. The molecule has 0 radical (unpaired) electrons. The van der Waals surface area contributed by atoms with Crippen LogP contribution in [-0.4, -0.2) is 53.2 Å². The molecule has 4 aromatic rings. The number of H-pyrrole nitrogens is 1. The van der Waals surface area contributed by atoms with Crippen molar-refractivity contribution in [2.45, 2.75) is 65.3 Å². The van der Waals surface area contributed by atoms with Crippen LogP contribution in [0.2, 0.25) is 0 Å². The lowest BCUT2D eigenvalue weighted by molar-refractivity contribution is 0.167. The number of nitrogens with one attached hydrogen (secondary N) is 2. The number of aliphatic hydroxyl groups excluding tert-OH is 1. The Balaban J connectivity index is 1.78. The van der Waals surface area contributed by atoms with Crippen molar-refractivity contribution < 1.29 is 5.11 Å². The lowest BCUT2D eigenvalue weighted by Crippen LogP contribution is -2.41. The number of benzene rings is 1. The monoisotopic (exact) mass is 508 g/mol. The lowest BCUT2D eigenvalue weighted by atomic mass is 10.1. The molecule has 0 saturated heterocycles. The predicted molar refractivity (Wildman–Crippen MR) is 144 cm³/mol. The molecule has 0 bridgehead atoms. The quantitative estimate of drug-likeness (QED) is 0.157. The number of aliphatic hydroxyl groups is 1. The highest BCUT2D eigenvalue weighted by Gasteiger charge is 2.22. The second kappa shape index (κ2) is 12.0. The standard InChI is InChI=1S/C26H36N8O3/c1-3-13-34-25(36)23-24(33(26(34)37)14-10-18-5-7-19(27)8-6-18)30-22(16-20-9-11-29-31-20)32(23)15-12-28-17-21(35)4-2/h5-9,11,21,28,35H,3-4,10,12-17,27H2,1-2H3,(H,29,31). The third-order valence-corrected chi connectivity index (χ3v) is 6.51. The summed E-state index contributed by atoms with van der Waals surface area (Å²) in [4.78, 5) is 31.9. The number of rotatable bonds is 13. The first-order valence-corrected chi connectivity index (χ1v) is 12.9. The molecule has 11 heteroatoms. The number of hydrogen-bond donors (Lipinski definition) is 4. The van der Waals surface area contributed by atoms with E-state index < -0.39 is 6.10 Å². The maximum absolute atomic E-state index is 13.6. The molecule has 1 unspecified atom stereocenters. The smallest absolute Gasteiger partial charge is 0.332 e. The Morgan fingerprint density at radius 2 is 1.84 bits per heavy atom. The molecule has 3 aromatic heterocycles. The summed E-state index contributed by atoms with van der Waals surface area (Å²) in [5.41, 5.74) is 8.52. The van der Waals surface area contributed by atoms with Crippen LogP contribution in [0.1, 0.15) is 43.8 Å². The Bertz CT molecular complexity index is 1420. The van der Waals surface area contributed by atoms with Gasteiger partial charge in [0, 0.05) is 56.7 Å². The van der Waals surface area contributed by atoms with E-state index in [4.69, 9.17) is 10.7 Å². The Labute approximate surface area is 215 Å². The summed E-state index contributed by atoms with van der Waals surface area (Å²) in [6.07, 6.45) is 3.60. The van der Waals surface area contributed by atoms with Gasteiger partial charge < -0.3 is 20.7 Å². The van der Waals surface area contributed by atoms with E-state index in [1.165, 1.54) is 4.57 Å². The molecular weight excluding hydrogens is 472 g/mol. The van der Waals surface area contributed by atoms with Crippen molar-refractivity contribution in [3.63, 3.8) is 0 Å². The number of nitrogens with two attached hydrogens (primary N) is 1. The lowest BCUT2D eigenvalue weighted by Gasteiger charge is -2.14. The van der Waals surface area contributed by atoms with E-state index in [-0.39, 0.29) is 11.2 Å². The average molecular weight is 509 g/mol. The zero-order valence-electron chi connectivity index (χ0n) is 21.5. The highest BCUT2D eigenvalue weighted by atomic mass is 16.3. The SMILES string of the molecule is CCCn1c(=O)c2c(nc(Cc3ccn[nH]3)n2CCNCC(O)CC)n(CCc2ccc(N)cc2)c1=O. The number of anilines is 1. The van der Waals surface area contributed by atoms with Gasteiger partial charge in [-0.2, -0.15) is 5.10 Å². The van der Waals surface area contributed by atoms with Crippen molar-refractivity contribution in [2.75, 3.05) is 18.8 Å².